The van der Waals surface area contributed by atoms with Gasteiger partial charge in [-0.25, -0.2) is 0 Å². The van der Waals surface area contributed by atoms with E-state index < -0.39 is 5.92 Å². The molecule has 6 nitrogen and oxygen atoms in total. The number of thioether (sulfide) groups is 1. The number of ether oxygens (including phenoxy) is 2. The molecule has 1 atom stereocenters. The maximum absolute atomic E-state index is 13.1. The van der Waals surface area contributed by atoms with E-state index in [1.807, 2.05) is 24.3 Å². The summed E-state index contributed by atoms with van der Waals surface area (Å²) in [7, 11) is 1.59. The molecule has 0 amide bonds. The topological polar surface area (TPSA) is 88.4 Å². The molecule has 3 rings (SSSR count). The van der Waals surface area contributed by atoms with Gasteiger partial charge in [0.2, 0.25) is 0 Å². The number of benzene rings is 1. The van der Waals surface area contributed by atoms with E-state index in [-0.39, 0.29) is 22.9 Å². The van der Waals surface area contributed by atoms with E-state index in [2.05, 4.69) is 25.2 Å². The van der Waals surface area contributed by atoms with Gasteiger partial charge in [0, 0.05) is 17.7 Å². The minimum Gasteiger partial charge on any atom is -0.497 e. The Morgan fingerprint density at radius 1 is 1.30 bits per heavy atom. The fourth-order valence-corrected chi connectivity index (χ4v) is 4.81. The largest absolute Gasteiger partial charge is 0.497 e. The Morgan fingerprint density at radius 2 is 2.00 bits per heavy atom. The third kappa shape index (κ3) is 4.54. The molecule has 1 aliphatic carbocycles. The molecule has 1 aromatic rings. The van der Waals surface area contributed by atoms with Crippen LogP contribution in [0, 0.1) is 16.7 Å². The lowest BCUT2D eigenvalue weighted by Gasteiger charge is -2.39. The molecule has 30 heavy (non-hydrogen) atoms. The van der Waals surface area contributed by atoms with Gasteiger partial charge in [0.15, 0.2) is 5.78 Å². The number of hydrogen-bond acceptors (Lipinski definition) is 7. The van der Waals surface area contributed by atoms with Crippen molar-refractivity contribution in [2.45, 2.75) is 39.5 Å². The molecular formula is C23H26N2O4S. The number of dihydropyridines is 1. The number of Topliss-reactive ketones (excluding diaryl/α,β-unsaturated/α-hetero) is 1. The number of nitrogens with zero attached hydrogens (tertiary/aromatic N) is 1. The van der Waals surface area contributed by atoms with Gasteiger partial charge in [0.05, 0.1) is 42.1 Å². The zero-order chi connectivity index (χ0) is 21.9. The molecule has 0 spiro atoms. The minimum atomic E-state index is -0.467. The van der Waals surface area contributed by atoms with Crippen molar-refractivity contribution in [2.75, 3.05) is 19.5 Å². The first-order valence-corrected chi connectivity index (χ1v) is 10.9. The molecule has 0 fully saturated rings. The van der Waals surface area contributed by atoms with Gasteiger partial charge in [-0.2, -0.15) is 5.26 Å². The number of allylic oxidation sites excluding steroid dienone is 3. The van der Waals surface area contributed by atoms with E-state index in [4.69, 9.17) is 9.47 Å². The molecule has 7 heteroatoms. The van der Waals surface area contributed by atoms with Crippen LogP contribution in [0.3, 0.4) is 0 Å². The molecule has 158 valence electrons. The number of ketones is 1. The van der Waals surface area contributed by atoms with Crippen LogP contribution in [0.5, 0.6) is 5.75 Å². The van der Waals surface area contributed by atoms with E-state index in [0.717, 1.165) is 11.3 Å². The van der Waals surface area contributed by atoms with Crippen LogP contribution in [0.2, 0.25) is 0 Å². The third-order valence-corrected chi connectivity index (χ3v) is 6.21. The number of esters is 1. The van der Waals surface area contributed by atoms with Crippen LogP contribution in [-0.4, -0.2) is 31.2 Å². The number of nitriles is 1. The number of rotatable bonds is 6. The number of carbonyl (C=O) groups is 2. The van der Waals surface area contributed by atoms with Gasteiger partial charge >= 0.3 is 5.97 Å². The second-order valence-corrected chi connectivity index (χ2v) is 9.10. The van der Waals surface area contributed by atoms with Gasteiger partial charge < -0.3 is 14.8 Å². The van der Waals surface area contributed by atoms with E-state index >= 15 is 0 Å². The summed E-state index contributed by atoms with van der Waals surface area (Å²) in [6.07, 6.45) is 1.13. The maximum Gasteiger partial charge on any atom is 0.316 e. The van der Waals surface area contributed by atoms with Crippen molar-refractivity contribution < 1.29 is 19.1 Å². The summed E-state index contributed by atoms with van der Waals surface area (Å²) in [5.41, 5.74) is 2.61. The number of nitrogens with one attached hydrogen (secondary N) is 1. The fraction of sp³-hybridized carbons (Fsp3) is 0.435. The highest BCUT2D eigenvalue weighted by atomic mass is 32.2. The van der Waals surface area contributed by atoms with Crippen LogP contribution < -0.4 is 10.1 Å². The van der Waals surface area contributed by atoms with E-state index in [1.54, 1.807) is 14.0 Å². The lowest BCUT2D eigenvalue weighted by Crippen LogP contribution is -2.37. The van der Waals surface area contributed by atoms with Gasteiger partial charge in [-0.1, -0.05) is 37.7 Å². The van der Waals surface area contributed by atoms with Gasteiger partial charge in [0.25, 0.3) is 0 Å². The predicted octanol–water partition coefficient (Wildman–Crippen LogP) is 4.06. The van der Waals surface area contributed by atoms with Gasteiger partial charge in [-0.3, -0.25) is 9.59 Å². The second kappa shape index (κ2) is 8.97. The molecule has 0 saturated heterocycles. The lowest BCUT2D eigenvalue weighted by molar-refractivity contribution is -0.139. The van der Waals surface area contributed by atoms with Gasteiger partial charge in [-0.15, -0.1) is 0 Å². The van der Waals surface area contributed by atoms with Gasteiger partial charge in [-0.05, 0) is 36.5 Å². The van der Waals surface area contributed by atoms with Crippen molar-refractivity contribution in [3.63, 3.8) is 0 Å². The summed E-state index contributed by atoms with van der Waals surface area (Å²) in [5, 5.41) is 13.9. The number of carbonyl (C=O) groups excluding carboxylic acids is 2. The Morgan fingerprint density at radius 3 is 2.60 bits per heavy atom. The molecule has 2 aliphatic rings. The Hall–Kier alpha value is -2.72. The molecule has 0 bridgehead atoms. The van der Waals surface area contributed by atoms with Crippen molar-refractivity contribution in [2.24, 2.45) is 5.41 Å². The summed E-state index contributed by atoms with van der Waals surface area (Å²) in [6, 6.07) is 9.72. The summed E-state index contributed by atoms with van der Waals surface area (Å²) >= 11 is 1.24. The van der Waals surface area contributed by atoms with Crippen molar-refractivity contribution >= 4 is 23.5 Å². The Kier molecular flexibility index (Phi) is 6.57. The predicted molar refractivity (Wildman–Crippen MR) is 116 cm³/mol. The smallest absolute Gasteiger partial charge is 0.316 e. The van der Waals surface area contributed by atoms with Crippen LogP contribution >= 0.6 is 11.8 Å². The van der Waals surface area contributed by atoms with Crippen molar-refractivity contribution in [1.29, 1.82) is 5.26 Å². The highest BCUT2D eigenvalue weighted by Gasteiger charge is 2.41. The van der Waals surface area contributed by atoms with Crippen LogP contribution in [0.1, 0.15) is 45.1 Å². The van der Waals surface area contributed by atoms with E-state index in [9.17, 15) is 14.9 Å². The highest BCUT2D eigenvalue weighted by molar-refractivity contribution is 8.03. The van der Waals surface area contributed by atoms with Crippen LogP contribution in [0.15, 0.2) is 46.1 Å². The Labute approximate surface area is 181 Å². The zero-order valence-corrected chi connectivity index (χ0v) is 18.5. The molecular weight excluding hydrogens is 400 g/mol. The first kappa shape index (κ1) is 22.0. The standard InChI is InChI=1S/C23H26N2O4S/c1-5-29-19(27)13-30-22-16(12-24)20(14-6-8-15(28-4)9-7-14)21-17(25-22)10-23(2,3)11-18(21)26/h6-9,20,25H,5,10-11,13H2,1-4H3/t20-/m0/s1. The van der Waals surface area contributed by atoms with Crippen molar-refractivity contribution in [1.82, 2.24) is 5.32 Å². The van der Waals surface area contributed by atoms with Crippen LogP contribution in [0.25, 0.3) is 0 Å². The highest BCUT2D eigenvalue weighted by Crippen LogP contribution is 2.47. The molecule has 1 aromatic carbocycles. The van der Waals surface area contributed by atoms with Crippen LogP contribution in [-0.2, 0) is 14.3 Å². The third-order valence-electron chi connectivity index (χ3n) is 5.22. The zero-order valence-electron chi connectivity index (χ0n) is 17.7. The monoisotopic (exact) mass is 426 g/mol. The summed E-state index contributed by atoms with van der Waals surface area (Å²) in [6.45, 7) is 6.19. The minimum absolute atomic E-state index is 0.0526. The average molecular weight is 427 g/mol. The molecule has 1 N–H and O–H groups in total. The first-order chi connectivity index (χ1) is 14.3. The average Bonchev–Trinajstić information content (AvgIpc) is 2.70. The van der Waals surface area contributed by atoms with Crippen molar-refractivity contribution in [3.05, 3.63) is 51.7 Å². The first-order valence-electron chi connectivity index (χ1n) is 9.89. The van der Waals surface area contributed by atoms with E-state index in [1.165, 1.54) is 11.8 Å². The van der Waals surface area contributed by atoms with Crippen LogP contribution in [0.4, 0.5) is 0 Å². The molecule has 0 saturated carbocycles. The Bertz CT molecular complexity index is 954. The normalized spacial score (nSPS) is 20.2. The molecule has 0 unspecified atom stereocenters. The lowest BCUT2D eigenvalue weighted by atomic mass is 9.69. The van der Waals surface area contributed by atoms with Crippen molar-refractivity contribution in [3.8, 4) is 11.8 Å². The molecule has 1 heterocycles. The molecule has 0 radical (unpaired) electrons. The summed E-state index contributed by atoms with van der Waals surface area (Å²) in [4.78, 5) is 25.0. The number of hydrogen-bond donors (Lipinski definition) is 1. The van der Waals surface area contributed by atoms with E-state index in [0.29, 0.717) is 41.4 Å². The SMILES string of the molecule is CCOC(=O)CSC1=C(C#N)[C@H](c2ccc(OC)cc2)C2=C(CC(C)(C)CC2=O)N1. The molecule has 0 aromatic heterocycles. The fourth-order valence-electron chi connectivity index (χ4n) is 3.95. The number of methoxy groups -OCH3 is 1. The molecule has 1 aliphatic heterocycles. The maximum atomic E-state index is 13.1. The Balaban J connectivity index is 2.06. The van der Waals surface area contributed by atoms with Gasteiger partial charge in [0.1, 0.15) is 5.75 Å². The second-order valence-electron chi connectivity index (χ2n) is 8.11. The summed E-state index contributed by atoms with van der Waals surface area (Å²) in [5.74, 6) is 0.0471. The quantitative estimate of drug-likeness (QED) is 0.686. The summed E-state index contributed by atoms with van der Waals surface area (Å²) < 4.78 is 10.3.